The van der Waals surface area contributed by atoms with Crippen LogP contribution in [0.4, 0.5) is 0 Å². The summed E-state index contributed by atoms with van der Waals surface area (Å²) in [6.07, 6.45) is 20.8. The van der Waals surface area contributed by atoms with E-state index in [2.05, 4.69) is 157 Å². The van der Waals surface area contributed by atoms with E-state index in [9.17, 15) is 14.4 Å². The second-order valence-corrected chi connectivity index (χ2v) is 22.4. The molecule has 2 heterocycles. The van der Waals surface area contributed by atoms with Gasteiger partial charge in [0.2, 0.25) is 0 Å². The molecule has 0 spiro atoms. The summed E-state index contributed by atoms with van der Waals surface area (Å²) in [5, 5.41) is 9.86. The number of ether oxygens (including phenoxy) is 2. The second-order valence-electron chi connectivity index (χ2n) is 21.8. The molecule has 1 N–H and O–H groups in total. The number of hydrogen-bond acceptors (Lipinski definition) is 6. The fourth-order valence-electron chi connectivity index (χ4n) is 9.30. The number of alkyl halides is 1. The highest BCUT2D eigenvalue weighted by atomic mass is 79.9. The summed E-state index contributed by atoms with van der Waals surface area (Å²) in [6.45, 7) is 44.5. The van der Waals surface area contributed by atoms with Gasteiger partial charge in [0.1, 0.15) is 6.10 Å². The summed E-state index contributed by atoms with van der Waals surface area (Å²) in [5.74, 6) is 8.27. The zero-order chi connectivity index (χ0) is 48.7. The Balaban J connectivity index is -0.000000727. The molecule has 2 aliphatic heterocycles. The highest BCUT2D eigenvalue weighted by Crippen LogP contribution is 2.33. The van der Waals surface area contributed by atoms with Crippen molar-refractivity contribution in [3.05, 3.63) is 24.3 Å². The Kier molecular flexibility index (Phi) is 39.4. The lowest BCUT2D eigenvalue weighted by molar-refractivity contribution is -0.189. The maximum Gasteiger partial charge on any atom is 0.316 e. The molecule has 13 atom stereocenters. The number of esters is 3. The lowest BCUT2D eigenvalue weighted by atomic mass is 9.80. The van der Waals surface area contributed by atoms with Crippen molar-refractivity contribution in [1.82, 2.24) is 0 Å². The summed E-state index contributed by atoms with van der Waals surface area (Å²) < 4.78 is 9.68. The average molecular weight is 942 g/mol. The molecule has 2 saturated heterocycles. The van der Waals surface area contributed by atoms with E-state index in [0.717, 1.165) is 64.5 Å². The summed E-state index contributed by atoms with van der Waals surface area (Å²) in [6, 6.07) is 0. The minimum absolute atomic E-state index is 0.0207. The third-order valence-electron chi connectivity index (χ3n) is 12.0. The monoisotopic (exact) mass is 941 g/mol. The first-order chi connectivity index (χ1) is 28.7. The number of halogens is 1. The van der Waals surface area contributed by atoms with Crippen LogP contribution in [-0.4, -0.2) is 41.1 Å². The van der Waals surface area contributed by atoms with Crippen molar-refractivity contribution in [1.29, 1.82) is 0 Å². The standard InChI is InChI=1S/C16H30O2.C15H30O.C10H21Br.C7H10O3.C7H14/c1-10(2)7-11(3)8-12(4)9-13(5)15-14(6)16(17)18-15;1-12(2)9-14(4)11-15(5)10-13(3)7-6-8-16;1-8(2)5-9(3)6-10(4)7-11;1-4-3-5(2)7(9)10-6(4)8;1-4-6-7(3)5-2/h10-15H,7-9H2,1-6H3;6-7,12-16H,8-11H2,1-5H3;8-10H,5-7H2,1-4H3;4-5H,3H2,1-2H3;4,6-7H,5H2,1-3H3/b;7-6+;;;6-4+/t11-,12-,13-,14+,15+;13-,14+,15-;9-,10-;4-,5+;7-/m010.0/s1. The van der Waals surface area contributed by atoms with Crippen LogP contribution in [0.5, 0.6) is 0 Å². The number of aliphatic hydroxyl groups is 1. The molecule has 0 radical (unpaired) electrons. The first-order valence-corrected chi connectivity index (χ1v) is 26.3. The number of carbonyl (C=O) groups is 3. The lowest BCUT2D eigenvalue weighted by Gasteiger charge is -2.38. The molecule has 2 aliphatic rings. The minimum Gasteiger partial charge on any atom is -0.461 e. The van der Waals surface area contributed by atoms with Gasteiger partial charge in [-0.15, -0.1) is 0 Å². The van der Waals surface area contributed by atoms with Crippen LogP contribution in [0.15, 0.2) is 24.3 Å². The van der Waals surface area contributed by atoms with E-state index in [1.807, 2.05) is 13.0 Å². The van der Waals surface area contributed by atoms with Crippen LogP contribution in [0.25, 0.3) is 0 Å². The van der Waals surface area contributed by atoms with Gasteiger partial charge in [-0.2, -0.15) is 0 Å². The van der Waals surface area contributed by atoms with E-state index in [-0.39, 0.29) is 48.4 Å². The van der Waals surface area contributed by atoms with Crippen molar-refractivity contribution >= 4 is 33.8 Å². The van der Waals surface area contributed by atoms with Gasteiger partial charge in [0.15, 0.2) is 0 Å². The largest absolute Gasteiger partial charge is 0.461 e. The number of allylic oxidation sites excluding steroid dienone is 3. The molecule has 0 saturated carbocycles. The van der Waals surface area contributed by atoms with Gasteiger partial charge in [-0.05, 0) is 143 Å². The molecule has 62 heavy (non-hydrogen) atoms. The van der Waals surface area contributed by atoms with E-state index < -0.39 is 0 Å². The fourth-order valence-corrected chi connectivity index (χ4v) is 9.56. The topological polar surface area (TPSA) is 89.9 Å². The summed E-state index contributed by atoms with van der Waals surface area (Å²) in [4.78, 5) is 32.5. The molecule has 7 heteroatoms. The van der Waals surface area contributed by atoms with Crippen LogP contribution < -0.4 is 0 Å². The Morgan fingerprint density at radius 2 is 0.984 bits per heavy atom. The Bertz CT molecular complexity index is 1160. The molecule has 0 aromatic rings. The van der Waals surface area contributed by atoms with Gasteiger partial charge in [-0.1, -0.05) is 171 Å². The predicted octanol–water partition coefficient (Wildman–Crippen LogP) is 16.0. The van der Waals surface area contributed by atoms with Crippen LogP contribution in [0.1, 0.15) is 203 Å². The van der Waals surface area contributed by atoms with Gasteiger partial charge >= 0.3 is 17.9 Å². The zero-order valence-corrected chi connectivity index (χ0v) is 46.0. The van der Waals surface area contributed by atoms with Crippen molar-refractivity contribution < 1.29 is 29.0 Å². The quantitative estimate of drug-likeness (QED) is 0.0503. The molecule has 2 rings (SSSR count). The van der Waals surface area contributed by atoms with Gasteiger partial charge in [0.25, 0.3) is 0 Å². The van der Waals surface area contributed by atoms with Gasteiger partial charge in [0.05, 0.1) is 24.4 Å². The van der Waals surface area contributed by atoms with Crippen molar-refractivity contribution in [2.45, 2.75) is 209 Å². The Morgan fingerprint density at radius 1 is 0.581 bits per heavy atom. The molecule has 0 unspecified atom stereocenters. The molecular weight excluding hydrogens is 837 g/mol. The predicted molar refractivity (Wildman–Crippen MR) is 272 cm³/mol. The normalized spacial score (nSPS) is 23.1. The number of rotatable bonds is 22. The highest BCUT2D eigenvalue weighted by Gasteiger charge is 2.42. The molecule has 0 amide bonds. The third-order valence-corrected chi connectivity index (χ3v) is 13.1. The van der Waals surface area contributed by atoms with E-state index in [4.69, 9.17) is 9.84 Å². The summed E-state index contributed by atoms with van der Waals surface area (Å²) in [5.41, 5.74) is 0. The van der Waals surface area contributed by atoms with Crippen LogP contribution in [0.3, 0.4) is 0 Å². The van der Waals surface area contributed by atoms with Crippen LogP contribution >= 0.6 is 15.9 Å². The van der Waals surface area contributed by atoms with E-state index in [1.54, 1.807) is 13.8 Å². The Morgan fingerprint density at radius 3 is 1.29 bits per heavy atom. The van der Waals surface area contributed by atoms with Gasteiger partial charge in [0, 0.05) is 5.33 Å². The third kappa shape index (κ3) is 35.8. The van der Waals surface area contributed by atoms with Crippen LogP contribution in [0.2, 0.25) is 0 Å². The number of carbonyl (C=O) groups excluding carboxylic acids is 3. The Labute approximate surface area is 394 Å². The zero-order valence-electron chi connectivity index (χ0n) is 44.4. The van der Waals surface area contributed by atoms with Crippen molar-refractivity contribution in [3.8, 4) is 0 Å². The van der Waals surface area contributed by atoms with Crippen molar-refractivity contribution in [3.63, 3.8) is 0 Å². The first-order valence-electron chi connectivity index (χ1n) is 25.2. The van der Waals surface area contributed by atoms with Gasteiger partial charge in [-0.25, -0.2) is 0 Å². The summed E-state index contributed by atoms with van der Waals surface area (Å²) in [7, 11) is 0. The smallest absolute Gasteiger partial charge is 0.316 e. The van der Waals surface area contributed by atoms with Crippen molar-refractivity contribution in [2.75, 3.05) is 11.9 Å². The Hall–Kier alpha value is -1.47. The van der Waals surface area contributed by atoms with E-state index >= 15 is 0 Å². The van der Waals surface area contributed by atoms with E-state index in [1.165, 1.54) is 57.8 Å². The first kappa shape index (κ1) is 64.8. The molecule has 0 bridgehead atoms. The number of aliphatic hydroxyl groups excluding tert-OH is 1. The van der Waals surface area contributed by atoms with Gasteiger partial charge in [-0.3, -0.25) is 14.4 Å². The molecule has 2 fully saturated rings. The minimum atomic E-state index is -0.386. The molecule has 0 aromatic heterocycles. The molecular formula is C55H105BrO6. The second kappa shape index (κ2) is 37.7. The number of cyclic esters (lactones) is 3. The molecule has 0 aliphatic carbocycles. The molecule has 0 aromatic carbocycles. The fraction of sp³-hybridized carbons (Fsp3) is 0.873. The lowest BCUT2D eigenvalue weighted by Crippen LogP contribution is -2.47. The average Bonchev–Trinajstić information content (AvgIpc) is 3.14. The highest BCUT2D eigenvalue weighted by molar-refractivity contribution is 9.09. The maximum absolute atomic E-state index is 11.1. The summed E-state index contributed by atoms with van der Waals surface area (Å²) >= 11 is 3.51. The van der Waals surface area contributed by atoms with E-state index in [0.29, 0.717) is 18.3 Å². The SMILES string of the molecule is C/C=C/[C@@H](C)CC.CC(C)C[C@H](C)C[C@H](C)CBr.CC(C)C[C@H](C)C[C@H](C)C[C@H](C)/C=C/CO.CC(C)C[C@H](C)C[C@H](C)C[C@H](C)[C@H]1OC(=O)[C@@H]1C.C[C@@H]1C[C@H](C)C(=O)OC1=O. The van der Waals surface area contributed by atoms with Crippen molar-refractivity contribution in [2.24, 2.45) is 88.8 Å². The van der Waals surface area contributed by atoms with Crippen LogP contribution in [0, 0.1) is 88.8 Å². The molecule has 368 valence electrons. The van der Waals surface area contributed by atoms with Crippen LogP contribution in [-0.2, 0) is 23.9 Å². The maximum atomic E-state index is 11.1. The van der Waals surface area contributed by atoms with Gasteiger partial charge < -0.3 is 14.6 Å². The molecule has 6 nitrogen and oxygen atoms in total. The number of hydrogen-bond donors (Lipinski definition) is 1.